The Balaban J connectivity index is 2.35. The van der Waals surface area contributed by atoms with E-state index >= 15 is 0 Å². The number of nitrogens with zero attached hydrogens (tertiary/aromatic N) is 2. The summed E-state index contributed by atoms with van der Waals surface area (Å²) in [5.41, 5.74) is 6.52. The fraction of sp³-hybridized carbons (Fsp3) is 0.692. The average molecular weight is 265 g/mol. The SMILES string of the molecule is CNc1nc(NCCN)nc(C2CCCC2)c1OC. The monoisotopic (exact) mass is 265 g/mol. The van der Waals surface area contributed by atoms with Gasteiger partial charge >= 0.3 is 0 Å². The van der Waals surface area contributed by atoms with Gasteiger partial charge in [-0.05, 0) is 12.8 Å². The van der Waals surface area contributed by atoms with Crippen LogP contribution in [0.2, 0.25) is 0 Å². The fourth-order valence-corrected chi connectivity index (χ4v) is 2.58. The van der Waals surface area contributed by atoms with Gasteiger partial charge in [-0.25, -0.2) is 4.98 Å². The lowest BCUT2D eigenvalue weighted by Crippen LogP contribution is -2.17. The summed E-state index contributed by atoms with van der Waals surface area (Å²) in [6.07, 6.45) is 4.87. The lowest BCUT2D eigenvalue weighted by molar-refractivity contribution is 0.402. The standard InChI is InChI=1S/C13H23N5O/c1-15-12-11(19-2)10(9-5-3-4-6-9)17-13(18-12)16-8-7-14/h9H,3-8,14H2,1-2H3,(H2,15,16,17,18). The molecule has 1 aliphatic rings. The number of aromatic nitrogens is 2. The number of methoxy groups -OCH3 is 1. The van der Waals surface area contributed by atoms with Gasteiger partial charge in [0.05, 0.1) is 12.8 Å². The molecule has 6 nitrogen and oxygen atoms in total. The van der Waals surface area contributed by atoms with Crippen LogP contribution >= 0.6 is 0 Å². The van der Waals surface area contributed by atoms with Crippen molar-refractivity contribution in [2.75, 3.05) is 37.9 Å². The van der Waals surface area contributed by atoms with Crippen LogP contribution < -0.4 is 21.1 Å². The van der Waals surface area contributed by atoms with Gasteiger partial charge in [0.25, 0.3) is 0 Å². The van der Waals surface area contributed by atoms with Crippen LogP contribution in [0.1, 0.15) is 37.3 Å². The van der Waals surface area contributed by atoms with Crippen molar-refractivity contribution in [3.63, 3.8) is 0 Å². The number of nitrogens with two attached hydrogens (primary N) is 1. The topological polar surface area (TPSA) is 85.1 Å². The Morgan fingerprint density at radius 1 is 1.32 bits per heavy atom. The second-order valence-electron chi connectivity index (χ2n) is 4.76. The molecule has 1 saturated carbocycles. The lowest BCUT2D eigenvalue weighted by Gasteiger charge is -2.17. The molecule has 0 atom stereocenters. The molecule has 1 aliphatic carbocycles. The Morgan fingerprint density at radius 2 is 2.05 bits per heavy atom. The predicted octanol–water partition coefficient (Wildman–Crippen LogP) is 1.56. The third kappa shape index (κ3) is 3.07. The van der Waals surface area contributed by atoms with Gasteiger partial charge in [-0.1, -0.05) is 12.8 Å². The van der Waals surface area contributed by atoms with Gasteiger partial charge in [0.1, 0.15) is 0 Å². The number of nitrogens with one attached hydrogen (secondary N) is 2. The third-order valence-electron chi connectivity index (χ3n) is 3.50. The maximum atomic E-state index is 5.50. The van der Waals surface area contributed by atoms with Crippen molar-refractivity contribution in [1.29, 1.82) is 0 Å². The summed E-state index contributed by atoms with van der Waals surface area (Å²) in [5.74, 6) is 2.60. The molecule has 0 aliphatic heterocycles. The van der Waals surface area contributed by atoms with E-state index in [0.717, 1.165) is 17.3 Å². The van der Waals surface area contributed by atoms with E-state index in [1.807, 2.05) is 7.05 Å². The molecule has 1 aromatic heterocycles. The number of hydrogen-bond acceptors (Lipinski definition) is 6. The van der Waals surface area contributed by atoms with Crippen LogP contribution in [-0.2, 0) is 0 Å². The normalized spacial score (nSPS) is 15.5. The van der Waals surface area contributed by atoms with E-state index in [1.54, 1.807) is 7.11 Å². The van der Waals surface area contributed by atoms with Gasteiger partial charge in [0, 0.05) is 26.1 Å². The minimum absolute atomic E-state index is 0.475. The summed E-state index contributed by atoms with van der Waals surface area (Å²) >= 11 is 0. The summed E-state index contributed by atoms with van der Waals surface area (Å²) in [7, 11) is 3.51. The summed E-state index contributed by atoms with van der Waals surface area (Å²) in [4.78, 5) is 9.05. The Labute approximate surface area is 114 Å². The number of rotatable bonds is 6. The van der Waals surface area contributed by atoms with Gasteiger partial charge in [-0.15, -0.1) is 0 Å². The van der Waals surface area contributed by atoms with Crippen molar-refractivity contribution < 1.29 is 4.74 Å². The van der Waals surface area contributed by atoms with Crippen molar-refractivity contribution in [3.8, 4) is 5.75 Å². The van der Waals surface area contributed by atoms with E-state index in [0.29, 0.717) is 25.0 Å². The molecule has 1 fully saturated rings. The molecular weight excluding hydrogens is 242 g/mol. The third-order valence-corrected chi connectivity index (χ3v) is 3.50. The highest BCUT2D eigenvalue weighted by atomic mass is 16.5. The first-order valence-electron chi connectivity index (χ1n) is 6.87. The Hall–Kier alpha value is -1.56. The van der Waals surface area contributed by atoms with Crippen molar-refractivity contribution in [2.45, 2.75) is 31.6 Å². The van der Waals surface area contributed by atoms with E-state index in [4.69, 9.17) is 10.5 Å². The average Bonchev–Trinajstić information content (AvgIpc) is 2.97. The van der Waals surface area contributed by atoms with Crippen molar-refractivity contribution in [1.82, 2.24) is 9.97 Å². The first kappa shape index (κ1) is 13.9. The zero-order chi connectivity index (χ0) is 13.7. The first-order chi connectivity index (χ1) is 9.30. The van der Waals surface area contributed by atoms with Gasteiger partial charge < -0.3 is 21.1 Å². The molecule has 2 rings (SSSR count). The van der Waals surface area contributed by atoms with Crippen LogP contribution in [0.4, 0.5) is 11.8 Å². The molecule has 0 unspecified atom stereocenters. The smallest absolute Gasteiger partial charge is 0.225 e. The zero-order valence-electron chi connectivity index (χ0n) is 11.7. The van der Waals surface area contributed by atoms with Gasteiger partial charge in [-0.3, -0.25) is 0 Å². The Morgan fingerprint density at radius 3 is 2.63 bits per heavy atom. The van der Waals surface area contributed by atoms with Crippen LogP contribution in [0.25, 0.3) is 0 Å². The largest absolute Gasteiger partial charge is 0.491 e. The zero-order valence-corrected chi connectivity index (χ0v) is 11.7. The summed E-state index contributed by atoms with van der Waals surface area (Å²) < 4.78 is 5.50. The minimum atomic E-state index is 0.475. The van der Waals surface area contributed by atoms with E-state index in [-0.39, 0.29) is 0 Å². The Kier molecular flexibility index (Phi) is 4.79. The lowest BCUT2D eigenvalue weighted by atomic mass is 10.0. The molecular formula is C13H23N5O. The molecule has 1 heterocycles. The summed E-state index contributed by atoms with van der Waals surface area (Å²) in [5, 5.41) is 6.22. The fourth-order valence-electron chi connectivity index (χ4n) is 2.58. The summed E-state index contributed by atoms with van der Waals surface area (Å²) in [6, 6.07) is 0. The molecule has 106 valence electrons. The highest BCUT2D eigenvalue weighted by Gasteiger charge is 2.25. The highest BCUT2D eigenvalue weighted by molar-refractivity contribution is 5.56. The van der Waals surface area contributed by atoms with Crippen molar-refractivity contribution >= 4 is 11.8 Å². The van der Waals surface area contributed by atoms with Crippen LogP contribution in [0.3, 0.4) is 0 Å². The number of ether oxygens (including phenoxy) is 1. The van der Waals surface area contributed by atoms with Crippen LogP contribution in [0.5, 0.6) is 5.75 Å². The quantitative estimate of drug-likeness (QED) is 0.723. The molecule has 0 saturated heterocycles. The molecule has 0 aromatic carbocycles. The van der Waals surface area contributed by atoms with Gasteiger partial charge in [0.2, 0.25) is 5.95 Å². The van der Waals surface area contributed by atoms with Crippen LogP contribution in [-0.4, -0.2) is 37.2 Å². The maximum Gasteiger partial charge on any atom is 0.225 e. The molecule has 0 radical (unpaired) electrons. The second-order valence-corrected chi connectivity index (χ2v) is 4.76. The predicted molar refractivity (Wildman–Crippen MR) is 76.9 cm³/mol. The van der Waals surface area contributed by atoms with E-state index < -0.39 is 0 Å². The molecule has 19 heavy (non-hydrogen) atoms. The molecule has 6 heteroatoms. The molecule has 0 spiro atoms. The van der Waals surface area contributed by atoms with Crippen LogP contribution in [0.15, 0.2) is 0 Å². The van der Waals surface area contributed by atoms with Crippen molar-refractivity contribution in [2.24, 2.45) is 5.73 Å². The minimum Gasteiger partial charge on any atom is -0.491 e. The second kappa shape index (κ2) is 6.56. The van der Waals surface area contributed by atoms with Gasteiger partial charge in [-0.2, -0.15) is 4.98 Å². The molecule has 4 N–H and O–H groups in total. The van der Waals surface area contributed by atoms with Gasteiger partial charge in [0.15, 0.2) is 11.6 Å². The summed E-state index contributed by atoms with van der Waals surface area (Å²) in [6.45, 7) is 1.22. The first-order valence-corrected chi connectivity index (χ1v) is 6.87. The van der Waals surface area contributed by atoms with E-state index in [1.165, 1.54) is 25.7 Å². The maximum absolute atomic E-state index is 5.50. The van der Waals surface area contributed by atoms with Crippen molar-refractivity contribution in [3.05, 3.63) is 5.69 Å². The van der Waals surface area contributed by atoms with Crippen LogP contribution in [0, 0.1) is 0 Å². The van der Waals surface area contributed by atoms with E-state index in [2.05, 4.69) is 20.6 Å². The number of anilines is 2. The molecule has 0 amide bonds. The highest BCUT2D eigenvalue weighted by Crippen LogP contribution is 2.40. The van der Waals surface area contributed by atoms with E-state index in [9.17, 15) is 0 Å². The molecule has 0 bridgehead atoms. The Bertz CT molecular complexity index is 418. The molecule has 1 aromatic rings. The number of hydrogen-bond donors (Lipinski definition) is 3.